The molecule has 1 unspecified atom stereocenters. The first-order valence-corrected chi connectivity index (χ1v) is 9.85. The molecular weight excluding hydrogens is 349 g/mol. The first-order chi connectivity index (χ1) is 9.84. The van der Waals surface area contributed by atoms with Crippen LogP contribution < -0.4 is 5.32 Å². The van der Waals surface area contributed by atoms with Gasteiger partial charge in [-0.1, -0.05) is 23.2 Å². The first-order valence-electron chi connectivity index (χ1n) is 6.39. The summed E-state index contributed by atoms with van der Waals surface area (Å²) in [5.74, 6) is 0. The van der Waals surface area contributed by atoms with Crippen molar-refractivity contribution in [1.82, 2.24) is 0 Å². The Bertz CT molecular complexity index is 799. The van der Waals surface area contributed by atoms with Gasteiger partial charge in [0.1, 0.15) is 0 Å². The van der Waals surface area contributed by atoms with Gasteiger partial charge in [0.05, 0.1) is 26.0 Å². The predicted molar refractivity (Wildman–Crippen MR) is 88.6 cm³/mol. The maximum absolute atomic E-state index is 11.6. The number of rotatable bonds is 3. The number of fused-ring (bicyclic) bond motifs is 1. The average molecular weight is 362 g/mol. The van der Waals surface area contributed by atoms with E-state index in [1.165, 1.54) is 22.8 Å². The van der Waals surface area contributed by atoms with Crippen molar-refractivity contribution in [1.29, 1.82) is 0 Å². The molecular formula is C14H13Cl2NO2S2. The van der Waals surface area contributed by atoms with Crippen molar-refractivity contribution in [2.24, 2.45) is 0 Å². The molecule has 1 aliphatic rings. The molecule has 112 valence electrons. The molecule has 0 radical (unpaired) electrons. The molecule has 1 aliphatic carbocycles. The van der Waals surface area contributed by atoms with E-state index in [-0.39, 0.29) is 10.9 Å². The minimum absolute atomic E-state index is 0.121. The number of halogens is 2. The zero-order chi connectivity index (χ0) is 15.2. The monoisotopic (exact) mass is 361 g/mol. The quantitative estimate of drug-likeness (QED) is 0.871. The van der Waals surface area contributed by atoms with Crippen molar-refractivity contribution in [3.63, 3.8) is 0 Å². The summed E-state index contributed by atoms with van der Waals surface area (Å²) < 4.78 is 24.1. The van der Waals surface area contributed by atoms with Gasteiger partial charge in [-0.2, -0.15) is 0 Å². The molecule has 21 heavy (non-hydrogen) atoms. The van der Waals surface area contributed by atoms with Crippen LogP contribution in [-0.4, -0.2) is 14.7 Å². The van der Waals surface area contributed by atoms with E-state index in [1.54, 1.807) is 23.5 Å². The highest BCUT2D eigenvalue weighted by atomic mass is 35.5. The van der Waals surface area contributed by atoms with Crippen LogP contribution >= 0.6 is 34.5 Å². The van der Waals surface area contributed by atoms with Gasteiger partial charge in [0, 0.05) is 11.1 Å². The maximum atomic E-state index is 11.6. The summed E-state index contributed by atoms with van der Waals surface area (Å²) in [4.78, 5) is 1.55. The molecule has 7 heteroatoms. The van der Waals surface area contributed by atoms with E-state index in [2.05, 4.69) is 5.32 Å². The fourth-order valence-corrected chi connectivity index (χ4v) is 4.69. The normalized spacial score (nSPS) is 17.8. The second-order valence-corrected chi connectivity index (χ2v) is 9.27. The van der Waals surface area contributed by atoms with Crippen LogP contribution in [0.2, 0.25) is 9.36 Å². The van der Waals surface area contributed by atoms with E-state index >= 15 is 0 Å². The van der Waals surface area contributed by atoms with E-state index in [0.717, 1.165) is 17.2 Å². The van der Waals surface area contributed by atoms with Crippen molar-refractivity contribution in [2.45, 2.75) is 23.8 Å². The zero-order valence-corrected chi connectivity index (χ0v) is 14.3. The molecule has 0 aliphatic heterocycles. The zero-order valence-electron chi connectivity index (χ0n) is 11.2. The second-order valence-electron chi connectivity index (χ2n) is 5.08. The molecule has 0 fully saturated rings. The Hall–Kier alpha value is -0.750. The number of benzene rings is 1. The molecule has 3 rings (SSSR count). The largest absolute Gasteiger partial charge is 0.377 e. The van der Waals surface area contributed by atoms with Crippen LogP contribution in [0.1, 0.15) is 22.9 Å². The third-order valence-corrected chi connectivity index (χ3v) is 6.32. The lowest BCUT2D eigenvalue weighted by Gasteiger charge is -2.16. The Morgan fingerprint density at radius 1 is 1.29 bits per heavy atom. The average Bonchev–Trinajstić information content (AvgIpc) is 2.91. The predicted octanol–water partition coefficient (Wildman–Crippen LogP) is 4.56. The van der Waals surface area contributed by atoms with Crippen LogP contribution in [0.4, 0.5) is 5.69 Å². The van der Waals surface area contributed by atoms with E-state index in [0.29, 0.717) is 10.7 Å². The van der Waals surface area contributed by atoms with Gasteiger partial charge in [-0.05, 0) is 42.7 Å². The number of thiophene rings is 1. The van der Waals surface area contributed by atoms with Gasteiger partial charge in [0.15, 0.2) is 9.84 Å². The molecule has 3 nitrogen and oxygen atoms in total. The molecule has 2 aromatic rings. The van der Waals surface area contributed by atoms with Gasteiger partial charge in [-0.15, -0.1) is 11.3 Å². The molecule has 1 aromatic heterocycles. The fourth-order valence-electron chi connectivity index (χ4n) is 2.51. The Morgan fingerprint density at radius 3 is 2.76 bits per heavy atom. The molecule has 1 atom stereocenters. The van der Waals surface area contributed by atoms with Crippen LogP contribution in [0.15, 0.2) is 29.2 Å². The molecule has 1 N–H and O–H groups in total. The highest BCUT2D eigenvalue weighted by Crippen LogP contribution is 2.41. The van der Waals surface area contributed by atoms with Gasteiger partial charge in [0.2, 0.25) is 0 Å². The summed E-state index contributed by atoms with van der Waals surface area (Å²) in [6.45, 7) is 0. The molecule has 0 bridgehead atoms. The van der Waals surface area contributed by atoms with E-state index in [9.17, 15) is 8.42 Å². The van der Waals surface area contributed by atoms with Crippen molar-refractivity contribution in [3.8, 4) is 0 Å². The van der Waals surface area contributed by atoms with Crippen LogP contribution in [0.25, 0.3) is 0 Å². The number of anilines is 1. The minimum atomic E-state index is -3.25. The van der Waals surface area contributed by atoms with Crippen LogP contribution in [0, 0.1) is 0 Å². The molecule has 1 aromatic carbocycles. The summed E-state index contributed by atoms with van der Waals surface area (Å²) in [7, 11) is -3.25. The van der Waals surface area contributed by atoms with E-state index in [1.807, 2.05) is 6.07 Å². The van der Waals surface area contributed by atoms with Crippen molar-refractivity contribution < 1.29 is 8.42 Å². The summed E-state index contributed by atoms with van der Waals surface area (Å²) in [5, 5.41) is 3.85. The Labute approximate surface area is 137 Å². The van der Waals surface area contributed by atoms with Crippen molar-refractivity contribution in [2.75, 3.05) is 11.6 Å². The third kappa shape index (κ3) is 3.06. The number of nitrogens with one attached hydrogen (secondary N) is 1. The first kappa shape index (κ1) is 15.2. The highest BCUT2D eigenvalue weighted by Gasteiger charge is 2.25. The van der Waals surface area contributed by atoms with E-state index in [4.69, 9.17) is 23.2 Å². The molecule has 1 heterocycles. The Balaban J connectivity index is 1.92. The molecule has 0 saturated carbocycles. The molecule has 0 spiro atoms. The summed E-state index contributed by atoms with van der Waals surface area (Å²) in [6.07, 6.45) is 3.12. The van der Waals surface area contributed by atoms with Gasteiger partial charge in [0.25, 0.3) is 0 Å². The van der Waals surface area contributed by atoms with Gasteiger partial charge >= 0.3 is 0 Å². The van der Waals surface area contributed by atoms with Crippen LogP contribution in [0.5, 0.6) is 0 Å². The van der Waals surface area contributed by atoms with E-state index < -0.39 is 9.84 Å². The highest BCUT2D eigenvalue weighted by molar-refractivity contribution is 7.90. The topological polar surface area (TPSA) is 46.2 Å². The van der Waals surface area contributed by atoms with Gasteiger partial charge in [-0.3, -0.25) is 0 Å². The number of sulfone groups is 1. The SMILES string of the molecule is CS(=O)(=O)c1ccc(Cl)c(NC2CCc3sc(Cl)cc32)c1. The number of hydrogen-bond donors (Lipinski definition) is 1. The van der Waals surface area contributed by atoms with Gasteiger partial charge in [-0.25, -0.2) is 8.42 Å². The number of aryl methyl sites for hydroxylation is 1. The Kier molecular flexibility index (Phi) is 3.94. The van der Waals surface area contributed by atoms with Crippen LogP contribution in [-0.2, 0) is 16.3 Å². The minimum Gasteiger partial charge on any atom is -0.377 e. The van der Waals surface area contributed by atoms with Crippen LogP contribution in [0.3, 0.4) is 0 Å². The lowest BCUT2D eigenvalue weighted by atomic mass is 10.1. The van der Waals surface area contributed by atoms with Gasteiger partial charge < -0.3 is 5.32 Å². The summed E-state index contributed by atoms with van der Waals surface area (Å²) in [5.41, 5.74) is 1.82. The van der Waals surface area contributed by atoms with Crippen molar-refractivity contribution in [3.05, 3.63) is 44.1 Å². The molecule has 0 saturated heterocycles. The molecule has 0 amide bonds. The fraction of sp³-hybridized carbons (Fsp3) is 0.286. The maximum Gasteiger partial charge on any atom is 0.175 e. The smallest absolute Gasteiger partial charge is 0.175 e. The third-order valence-electron chi connectivity index (χ3n) is 3.54. The lowest BCUT2D eigenvalue weighted by Crippen LogP contribution is -2.08. The summed E-state index contributed by atoms with van der Waals surface area (Å²) >= 11 is 13.8. The second kappa shape index (κ2) is 5.47. The lowest BCUT2D eigenvalue weighted by molar-refractivity contribution is 0.602. The summed E-state index contributed by atoms with van der Waals surface area (Å²) in [6, 6.07) is 6.81. The van der Waals surface area contributed by atoms with Crippen molar-refractivity contribution >= 4 is 50.1 Å². The number of hydrogen-bond acceptors (Lipinski definition) is 4. The Morgan fingerprint density at radius 2 is 2.05 bits per heavy atom. The standard InChI is InChI=1S/C14H13Cl2NO2S2/c1-21(18,19)8-2-3-10(15)12(6-8)17-11-4-5-13-9(11)7-14(16)20-13/h2-3,6-7,11,17H,4-5H2,1H3.